The summed E-state index contributed by atoms with van der Waals surface area (Å²) in [6.07, 6.45) is 1.47. The molecule has 1 aromatic carbocycles. The number of likely N-dealkylation sites (tertiary alicyclic amines) is 1. The van der Waals surface area contributed by atoms with Crippen molar-refractivity contribution >= 4 is 6.09 Å². The molecular weight excluding hydrogens is 294 g/mol. The molecule has 7 heteroatoms. The fourth-order valence-corrected chi connectivity index (χ4v) is 2.84. The molecule has 7 nitrogen and oxygen atoms in total. The maximum Gasteiger partial charge on any atom is 0.410 e. The molecule has 1 aromatic heterocycles. The summed E-state index contributed by atoms with van der Waals surface area (Å²) in [6, 6.07) is 9.71. The third kappa shape index (κ3) is 3.33. The zero-order chi connectivity index (χ0) is 16.2. The van der Waals surface area contributed by atoms with Gasteiger partial charge in [0, 0.05) is 6.54 Å². The molecule has 0 spiro atoms. The molecule has 122 valence electrons. The highest BCUT2D eigenvalue weighted by atomic mass is 16.6. The first-order valence-electron chi connectivity index (χ1n) is 7.92. The second-order valence-electron chi connectivity index (χ2n) is 5.97. The Balaban J connectivity index is 1.68. The van der Waals surface area contributed by atoms with E-state index in [-0.39, 0.29) is 24.8 Å². The number of nitrogens with zero attached hydrogens (tertiary/aromatic N) is 5. The first-order valence-corrected chi connectivity index (χ1v) is 7.92. The summed E-state index contributed by atoms with van der Waals surface area (Å²) in [5.41, 5.74) is 0.976. The normalized spacial score (nSPS) is 17.7. The van der Waals surface area contributed by atoms with E-state index in [1.807, 2.05) is 44.2 Å². The number of hydrogen-bond donors (Lipinski definition) is 0. The van der Waals surface area contributed by atoms with Gasteiger partial charge >= 0.3 is 6.09 Å². The van der Waals surface area contributed by atoms with E-state index in [4.69, 9.17) is 4.74 Å². The number of carbonyl (C=O) groups is 1. The van der Waals surface area contributed by atoms with E-state index in [2.05, 4.69) is 15.5 Å². The fraction of sp³-hybridized carbons (Fsp3) is 0.500. The molecule has 2 aromatic rings. The van der Waals surface area contributed by atoms with E-state index in [9.17, 15) is 4.79 Å². The smallest absolute Gasteiger partial charge is 0.410 e. The number of carbonyl (C=O) groups excluding carboxylic acids is 1. The minimum absolute atomic E-state index is 0.115. The van der Waals surface area contributed by atoms with Crippen molar-refractivity contribution in [3.8, 4) is 0 Å². The largest absolute Gasteiger partial charge is 0.445 e. The number of benzene rings is 1. The van der Waals surface area contributed by atoms with Crippen molar-refractivity contribution in [2.75, 3.05) is 6.54 Å². The first kappa shape index (κ1) is 15.5. The molecule has 1 aliphatic heterocycles. The van der Waals surface area contributed by atoms with Crippen LogP contribution in [0.4, 0.5) is 4.79 Å². The lowest BCUT2D eigenvalue weighted by atomic mass is 10.2. The highest BCUT2D eigenvalue weighted by Gasteiger charge is 2.35. The summed E-state index contributed by atoms with van der Waals surface area (Å²) in [5.74, 6) is 0.731. The zero-order valence-electron chi connectivity index (χ0n) is 13.4. The van der Waals surface area contributed by atoms with E-state index < -0.39 is 0 Å². The molecule has 1 amide bonds. The second kappa shape index (κ2) is 6.76. The van der Waals surface area contributed by atoms with E-state index in [1.165, 1.54) is 0 Å². The van der Waals surface area contributed by atoms with Crippen LogP contribution in [0.5, 0.6) is 0 Å². The monoisotopic (exact) mass is 315 g/mol. The van der Waals surface area contributed by atoms with Gasteiger partial charge in [0.2, 0.25) is 0 Å². The van der Waals surface area contributed by atoms with Gasteiger partial charge in [0.1, 0.15) is 6.61 Å². The van der Waals surface area contributed by atoms with Gasteiger partial charge in [0.15, 0.2) is 5.82 Å². The molecule has 1 aliphatic rings. The Bertz CT molecular complexity index is 656. The average Bonchev–Trinajstić information content (AvgIpc) is 3.21. The van der Waals surface area contributed by atoms with Gasteiger partial charge in [-0.2, -0.15) is 0 Å². The number of hydrogen-bond acceptors (Lipinski definition) is 5. The second-order valence-corrected chi connectivity index (χ2v) is 5.97. The number of amides is 1. The predicted molar refractivity (Wildman–Crippen MR) is 83.5 cm³/mol. The molecule has 0 N–H and O–H groups in total. The van der Waals surface area contributed by atoms with E-state index in [0.717, 1.165) is 24.2 Å². The van der Waals surface area contributed by atoms with Crippen LogP contribution in [-0.4, -0.2) is 37.7 Å². The lowest BCUT2D eigenvalue weighted by Gasteiger charge is -2.23. The van der Waals surface area contributed by atoms with Crippen molar-refractivity contribution in [1.29, 1.82) is 0 Å². The SMILES string of the molecule is CC(C)n1nnnc1C1CCCN1C(=O)OCc1ccccc1. The van der Waals surface area contributed by atoms with Crippen LogP contribution in [0.15, 0.2) is 30.3 Å². The highest BCUT2D eigenvalue weighted by Crippen LogP contribution is 2.31. The summed E-state index contributed by atoms with van der Waals surface area (Å²) in [4.78, 5) is 14.2. The van der Waals surface area contributed by atoms with Crippen molar-refractivity contribution in [1.82, 2.24) is 25.1 Å². The van der Waals surface area contributed by atoms with Crippen LogP contribution in [-0.2, 0) is 11.3 Å². The standard InChI is InChI=1S/C16H21N5O2/c1-12(2)21-15(17-18-19-21)14-9-6-10-20(14)16(22)23-11-13-7-4-3-5-8-13/h3-5,7-8,12,14H,6,9-11H2,1-2H3. The van der Waals surface area contributed by atoms with Gasteiger partial charge in [-0.3, -0.25) is 4.90 Å². The lowest BCUT2D eigenvalue weighted by Crippen LogP contribution is -2.32. The predicted octanol–water partition coefficient (Wildman–Crippen LogP) is 2.73. The Morgan fingerprint density at radius 2 is 2.13 bits per heavy atom. The molecule has 0 saturated carbocycles. The molecule has 0 bridgehead atoms. The maximum atomic E-state index is 12.4. The Kier molecular flexibility index (Phi) is 4.55. The Morgan fingerprint density at radius 1 is 1.35 bits per heavy atom. The quantitative estimate of drug-likeness (QED) is 0.867. The van der Waals surface area contributed by atoms with Crippen molar-refractivity contribution < 1.29 is 9.53 Å². The van der Waals surface area contributed by atoms with Gasteiger partial charge in [0.25, 0.3) is 0 Å². The first-order chi connectivity index (χ1) is 11.2. The van der Waals surface area contributed by atoms with Gasteiger partial charge < -0.3 is 4.74 Å². The Morgan fingerprint density at radius 3 is 2.87 bits per heavy atom. The number of aromatic nitrogens is 4. The lowest BCUT2D eigenvalue weighted by molar-refractivity contribution is 0.0899. The van der Waals surface area contributed by atoms with E-state index >= 15 is 0 Å². The number of rotatable bonds is 4. The van der Waals surface area contributed by atoms with Crippen molar-refractivity contribution in [2.24, 2.45) is 0 Å². The molecule has 1 unspecified atom stereocenters. The molecule has 1 saturated heterocycles. The summed E-state index contributed by atoms with van der Waals surface area (Å²) in [7, 11) is 0. The molecular formula is C16H21N5O2. The molecule has 0 radical (unpaired) electrons. The van der Waals surface area contributed by atoms with Crippen molar-refractivity contribution in [3.63, 3.8) is 0 Å². The van der Waals surface area contributed by atoms with Crippen LogP contribution in [0.3, 0.4) is 0 Å². The summed E-state index contributed by atoms with van der Waals surface area (Å²) in [5, 5.41) is 11.9. The summed E-state index contributed by atoms with van der Waals surface area (Å²) >= 11 is 0. The van der Waals surface area contributed by atoms with Gasteiger partial charge in [-0.05, 0) is 42.7 Å². The van der Waals surface area contributed by atoms with Gasteiger partial charge in [-0.15, -0.1) is 5.10 Å². The van der Waals surface area contributed by atoms with Crippen molar-refractivity contribution in [3.05, 3.63) is 41.7 Å². The molecule has 3 rings (SSSR count). The van der Waals surface area contributed by atoms with Crippen LogP contribution in [0.2, 0.25) is 0 Å². The van der Waals surface area contributed by atoms with Crippen LogP contribution in [0.25, 0.3) is 0 Å². The minimum Gasteiger partial charge on any atom is -0.445 e. The van der Waals surface area contributed by atoms with Gasteiger partial charge in [-0.1, -0.05) is 30.3 Å². The van der Waals surface area contributed by atoms with Crippen molar-refractivity contribution in [2.45, 2.75) is 45.4 Å². The summed E-state index contributed by atoms with van der Waals surface area (Å²) in [6.45, 7) is 4.99. The van der Waals surface area contributed by atoms with Gasteiger partial charge in [0.05, 0.1) is 12.1 Å². The average molecular weight is 315 g/mol. The number of tetrazole rings is 1. The third-order valence-electron chi connectivity index (χ3n) is 4.00. The third-order valence-corrected chi connectivity index (χ3v) is 4.00. The molecule has 0 aliphatic carbocycles. The molecule has 2 heterocycles. The van der Waals surface area contributed by atoms with Crippen LogP contribution in [0.1, 0.15) is 50.2 Å². The minimum atomic E-state index is -0.311. The topological polar surface area (TPSA) is 73.1 Å². The van der Waals surface area contributed by atoms with Crippen LogP contribution < -0.4 is 0 Å². The molecule has 23 heavy (non-hydrogen) atoms. The maximum absolute atomic E-state index is 12.4. The van der Waals surface area contributed by atoms with Crippen LogP contribution >= 0.6 is 0 Å². The van der Waals surface area contributed by atoms with Gasteiger partial charge in [-0.25, -0.2) is 9.48 Å². The number of ether oxygens (including phenoxy) is 1. The van der Waals surface area contributed by atoms with E-state index in [1.54, 1.807) is 9.58 Å². The Hall–Kier alpha value is -2.44. The highest BCUT2D eigenvalue weighted by molar-refractivity contribution is 5.68. The zero-order valence-corrected chi connectivity index (χ0v) is 13.4. The summed E-state index contributed by atoms with van der Waals surface area (Å²) < 4.78 is 7.22. The van der Waals surface area contributed by atoms with Crippen LogP contribution in [0, 0.1) is 0 Å². The fourth-order valence-electron chi connectivity index (χ4n) is 2.84. The van der Waals surface area contributed by atoms with E-state index in [0.29, 0.717) is 6.54 Å². The molecule has 1 fully saturated rings. The molecule has 1 atom stereocenters. The Labute approximate surface area is 135 Å².